The summed E-state index contributed by atoms with van der Waals surface area (Å²) in [7, 11) is 0. The van der Waals surface area contributed by atoms with Gasteiger partial charge in [0.05, 0.1) is 30.1 Å². The molecule has 2 aromatic carbocycles. The highest BCUT2D eigenvalue weighted by Gasteiger charge is 2.22. The first-order valence-electron chi connectivity index (χ1n) is 10.4. The standard InChI is InChI=1S/C23H21ClFN5O2S/c24-18-9-19(25)17(8-16(18)22(31)23-29-13(10-26)11-33-23)21-15-2-1-14(7-20(15)27-12-28-21)30-3-5-32-6-4-30/h1-2,7-9,11-12,22,31H,3-6,10,26H2. The van der Waals surface area contributed by atoms with Crippen LogP contribution in [-0.2, 0) is 11.3 Å². The molecule has 4 aromatic rings. The minimum atomic E-state index is -1.11. The van der Waals surface area contributed by atoms with Crippen molar-refractivity contribution in [1.29, 1.82) is 0 Å². The summed E-state index contributed by atoms with van der Waals surface area (Å²) < 4.78 is 20.5. The maximum atomic E-state index is 15.1. The van der Waals surface area contributed by atoms with Gasteiger partial charge in [0.1, 0.15) is 23.3 Å². The van der Waals surface area contributed by atoms with Crippen LogP contribution in [0.3, 0.4) is 0 Å². The lowest BCUT2D eigenvalue weighted by molar-refractivity contribution is 0.122. The number of fused-ring (bicyclic) bond motifs is 1. The van der Waals surface area contributed by atoms with Crippen molar-refractivity contribution >= 4 is 39.5 Å². The van der Waals surface area contributed by atoms with Crippen molar-refractivity contribution < 1.29 is 14.2 Å². The van der Waals surface area contributed by atoms with Gasteiger partial charge >= 0.3 is 0 Å². The van der Waals surface area contributed by atoms with Crippen molar-refractivity contribution in [2.24, 2.45) is 5.73 Å². The normalized spacial score (nSPS) is 15.2. The molecule has 10 heteroatoms. The number of ether oxygens (including phenoxy) is 1. The van der Waals surface area contributed by atoms with E-state index in [1.165, 1.54) is 29.8 Å². The predicted octanol–water partition coefficient (Wildman–Crippen LogP) is 3.92. The highest BCUT2D eigenvalue weighted by atomic mass is 35.5. The highest BCUT2D eigenvalue weighted by Crippen LogP contribution is 2.37. The van der Waals surface area contributed by atoms with Gasteiger partial charge in [-0.3, -0.25) is 0 Å². The summed E-state index contributed by atoms with van der Waals surface area (Å²) in [4.78, 5) is 15.3. The first-order chi connectivity index (χ1) is 16.0. The number of hydrogen-bond donors (Lipinski definition) is 2. The topological polar surface area (TPSA) is 97.4 Å². The Bertz CT molecular complexity index is 1310. The third-order valence-electron chi connectivity index (χ3n) is 5.64. The van der Waals surface area contributed by atoms with Gasteiger partial charge in [-0.2, -0.15) is 0 Å². The number of halogens is 2. The number of thiazole rings is 1. The fraction of sp³-hybridized carbons (Fsp3) is 0.261. The third-order valence-corrected chi connectivity index (χ3v) is 6.92. The predicted molar refractivity (Wildman–Crippen MR) is 127 cm³/mol. The number of nitrogens with zero attached hydrogens (tertiary/aromatic N) is 4. The summed E-state index contributed by atoms with van der Waals surface area (Å²) in [6.07, 6.45) is 0.308. The molecule has 1 fully saturated rings. The average Bonchev–Trinajstić information content (AvgIpc) is 3.33. The molecule has 0 radical (unpaired) electrons. The van der Waals surface area contributed by atoms with E-state index in [0.29, 0.717) is 46.1 Å². The molecule has 170 valence electrons. The Morgan fingerprint density at radius 2 is 2.03 bits per heavy atom. The SMILES string of the molecule is NCc1csc(C(O)c2cc(-c3ncnc4cc(N5CCOCC5)ccc34)c(F)cc2Cl)n1. The van der Waals surface area contributed by atoms with Crippen molar-refractivity contribution in [2.75, 3.05) is 31.2 Å². The van der Waals surface area contributed by atoms with Crippen LogP contribution >= 0.6 is 22.9 Å². The van der Waals surface area contributed by atoms with E-state index in [1.807, 2.05) is 18.2 Å². The molecule has 0 bridgehead atoms. The largest absolute Gasteiger partial charge is 0.381 e. The summed E-state index contributed by atoms with van der Waals surface area (Å²) in [5.41, 5.74) is 9.04. The Labute approximate surface area is 198 Å². The Kier molecular flexibility index (Phi) is 6.22. The zero-order valence-corrected chi connectivity index (χ0v) is 19.1. The molecular formula is C23H21ClFN5O2S. The number of nitrogens with two attached hydrogens (primary N) is 1. The van der Waals surface area contributed by atoms with Crippen LogP contribution in [0, 0.1) is 5.82 Å². The van der Waals surface area contributed by atoms with Crippen LogP contribution in [0.1, 0.15) is 22.4 Å². The van der Waals surface area contributed by atoms with Gasteiger partial charge in [0, 0.05) is 52.2 Å². The molecule has 3 heterocycles. The fourth-order valence-corrected chi connectivity index (χ4v) is 5.00. The van der Waals surface area contributed by atoms with E-state index in [1.54, 1.807) is 5.38 Å². The Hall–Kier alpha value is -2.69. The molecule has 1 unspecified atom stereocenters. The van der Waals surface area contributed by atoms with E-state index in [2.05, 4.69) is 19.9 Å². The highest BCUT2D eigenvalue weighted by molar-refractivity contribution is 7.09. The van der Waals surface area contributed by atoms with Gasteiger partial charge in [-0.1, -0.05) is 11.6 Å². The molecule has 2 aromatic heterocycles. The molecule has 3 N–H and O–H groups in total. The molecule has 0 spiro atoms. The maximum Gasteiger partial charge on any atom is 0.134 e. The summed E-state index contributed by atoms with van der Waals surface area (Å²) in [5.74, 6) is -0.532. The molecule has 0 aliphatic carbocycles. The molecule has 1 atom stereocenters. The number of morpholine rings is 1. The molecule has 0 amide bonds. The van der Waals surface area contributed by atoms with Crippen LogP contribution in [0.15, 0.2) is 42.0 Å². The second-order valence-corrected chi connectivity index (χ2v) is 8.96. The lowest BCUT2D eigenvalue weighted by Gasteiger charge is -2.29. The second-order valence-electron chi connectivity index (χ2n) is 7.66. The Balaban J connectivity index is 1.57. The molecule has 5 rings (SSSR count). The van der Waals surface area contributed by atoms with Crippen LogP contribution in [0.2, 0.25) is 5.02 Å². The number of aliphatic hydroxyl groups excluding tert-OH is 1. The van der Waals surface area contributed by atoms with Gasteiger partial charge in [0.25, 0.3) is 0 Å². The van der Waals surface area contributed by atoms with Crippen LogP contribution in [0.25, 0.3) is 22.2 Å². The molecule has 7 nitrogen and oxygen atoms in total. The van der Waals surface area contributed by atoms with Crippen LogP contribution in [-0.4, -0.2) is 46.4 Å². The average molecular weight is 486 g/mol. The van der Waals surface area contributed by atoms with E-state index in [9.17, 15) is 5.11 Å². The van der Waals surface area contributed by atoms with Gasteiger partial charge in [0.2, 0.25) is 0 Å². The van der Waals surface area contributed by atoms with Crippen LogP contribution in [0.4, 0.5) is 10.1 Å². The summed E-state index contributed by atoms with van der Waals surface area (Å²) in [5, 5.41) is 13.9. The molecule has 1 saturated heterocycles. The summed E-state index contributed by atoms with van der Waals surface area (Å²) >= 11 is 7.58. The van der Waals surface area contributed by atoms with Crippen molar-refractivity contribution in [1.82, 2.24) is 15.0 Å². The Morgan fingerprint density at radius 1 is 1.21 bits per heavy atom. The van der Waals surface area contributed by atoms with Crippen molar-refractivity contribution in [3.63, 3.8) is 0 Å². The van der Waals surface area contributed by atoms with Crippen molar-refractivity contribution in [3.05, 3.63) is 69.1 Å². The molecular weight excluding hydrogens is 465 g/mol. The Morgan fingerprint density at radius 3 is 2.79 bits per heavy atom. The number of anilines is 1. The minimum Gasteiger partial charge on any atom is -0.381 e. The van der Waals surface area contributed by atoms with Crippen molar-refractivity contribution in [3.8, 4) is 11.3 Å². The zero-order chi connectivity index (χ0) is 22.9. The first kappa shape index (κ1) is 22.1. The van der Waals surface area contributed by atoms with Gasteiger partial charge in [-0.05, 0) is 30.3 Å². The van der Waals surface area contributed by atoms with Crippen LogP contribution < -0.4 is 10.6 Å². The number of benzene rings is 2. The third kappa shape index (κ3) is 4.30. The van der Waals surface area contributed by atoms with E-state index >= 15 is 4.39 Å². The monoisotopic (exact) mass is 485 g/mol. The zero-order valence-electron chi connectivity index (χ0n) is 17.5. The van der Waals surface area contributed by atoms with Gasteiger partial charge in [-0.15, -0.1) is 11.3 Å². The van der Waals surface area contributed by atoms with E-state index < -0.39 is 11.9 Å². The maximum absolute atomic E-state index is 15.1. The van der Waals surface area contributed by atoms with E-state index in [0.717, 1.165) is 18.8 Å². The lowest BCUT2D eigenvalue weighted by atomic mass is 10.0. The number of aromatic nitrogens is 3. The van der Waals surface area contributed by atoms with Crippen molar-refractivity contribution in [2.45, 2.75) is 12.6 Å². The molecule has 1 aliphatic rings. The minimum absolute atomic E-state index is 0.112. The molecule has 33 heavy (non-hydrogen) atoms. The van der Waals surface area contributed by atoms with Gasteiger partial charge in [0.15, 0.2) is 0 Å². The molecule has 1 aliphatic heterocycles. The summed E-state index contributed by atoms with van der Waals surface area (Å²) in [6.45, 7) is 3.24. The number of aliphatic hydroxyl groups is 1. The quantitative estimate of drug-likeness (QED) is 0.442. The first-order valence-corrected chi connectivity index (χ1v) is 11.7. The second kappa shape index (κ2) is 9.28. The smallest absolute Gasteiger partial charge is 0.134 e. The lowest BCUT2D eigenvalue weighted by Crippen LogP contribution is -2.36. The van der Waals surface area contributed by atoms with Gasteiger partial charge in [-0.25, -0.2) is 19.3 Å². The number of hydrogen-bond acceptors (Lipinski definition) is 8. The van der Waals surface area contributed by atoms with Gasteiger partial charge < -0.3 is 20.5 Å². The van der Waals surface area contributed by atoms with Crippen LogP contribution in [0.5, 0.6) is 0 Å². The fourth-order valence-electron chi connectivity index (χ4n) is 3.91. The van der Waals surface area contributed by atoms with E-state index in [4.69, 9.17) is 22.1 Å². The number of rotatable bonds is 5. The molecule has 0 saturated carbocycles. The summed E-state index contributed by atoms with van der Waals surface area (Å²) in [6, 6.07) is 8.58. The van der Waals surface area contributed by atoms with E-state index in [-0.39, 0.29) is 17.1 Å².